The molecule has 0 rings (SSSR count). The molecular weight excluding hydrogens is 197 g/mol. The van der Waals surface area contributed by atoms with Gasteiger partial charge in [0, 0.05) is 0 Å². The third-order valence-corrected chi connectivity index (χ3v) is 1.35. The maximum atomic E-state index is 11.9. The van der Waals surface area contributed by atoms with Crippen LogP contribution in [0.3, 0.4) is 0 Å². The standard InChI is InChI=1S/C9H15F3O2/c1-6(5-9(10,11)12)7(13)14-8(2,3)4/h6H,5H2,1-4H3. The molecule has 0 aliphatic carbocycles. The SMILES string of the molecule is CC(CC(F)(F)F)C(=O)OC(C)(C)C. The highest BCUT2D eigenvalue weighted by atomic mass is 19.4. The highest BCUT2D eigenvalue weighted by Crippen LogP contribution is 2.26. The Kier molecular flexibility index (Phi) is 3.97. The molecule has 0 N–H and O–H groups in total. The molecule has 2 nitrogen and oxygen atoms in total. The topological polar surface area (TPSA) is 26.3 Å². The van der Waals surface area contributed by atoms with Crippen LogP contribution in [-0.4, -0.2) is 17.7 Å². The second-order valence-corrected chi connectivity index (χ2v) is 4.25. The lowest BCUT2D eigenvalue weighted by Gasteiger charge is -2.22. The predicted molar refractivity (Wildman–Crippen MR) is 45.7 cm³/mol. The van der Waals surface area contributed by atoms with Gasteiger partial charge >= 0.3 is 12.1 Å². The van der Waals surface area contributed by atoms with Crippen LogP contribution in [-0.2, 0) is 9.53 Å². The van der Waals surface area contributed by atoms with Gasteiger partial charge in [-0.15, -0.1) is 0 Å². The monoisotopic (exact) mass is 212 g/mol. The first-order chi connectivity index (χ1) is 6.01. The molecule has 0 spiro atoms. The Labute approximate surface area is 81.4 Å². The van der Waals surface area contributed by atoms with E-state index in [0.29, 0.717) is 0 Å². The second kappa shape index (κ2) is 4.19. The van der Waals surface area contributed by atoms with Crippen molar-refractivity contribution in [3.63, 3.8) is 0 Å². The van der Waals surface area contributed by atoms with Crippen molar-refractivity contribution in [2.45, 2.75) is 45.9 Å². The van der Waals surface area contributed by atoms with Crippen molar-refractivity contribution < 1.29 is 22.7 Å². The summed E-state index contributed by atoms with van der Waals surface area (Å²) in [5.74, 6) is -1.95. The maximum Gasteiger partial charge on any atom is 0.389 e. The maximum absolute atomic E-state index is 11.9. The number of esters is 1. The van der Waals surface area contributed by atoms with Crippen molar-refractivity contribution in [3.8, 4) is 0 Å². The van der Waals surface area contributed by atoms with Gasteiger partial charge in [-0.2, -0.15) is 13.2 Å². The molecule has 0 fully saturated rings. The Morgan fingerprint density at radius 3 is 2.00 bits per heavy atom. The lowest BCUT2D eigenvalue weighted by atomic mass is 10.1. The smallest absolute Gasteiger partial charge is 0.389 e. The van der Waals surface area contributed by atoms with Gasteiger partial charge in [0.2, 0.25) is 0 Å². The Bertz CT molecular complexity index is 203. The van der Waals surface area contributed by atoms with Gasteiger partial charge in [-0.05, 0) is 20.8 Å². The molecule has 0 amide bonds. The molecule has 84 valence electrons. The van der Waals surface area contributed by atoms with Gasteiger partial charge in [-0.25, -0.2) is 0 Å². The fourth-order valence-electron chi connectivity index (χ4n) is 0.833. The summed E-state index contributed by atoms with van der Waals surface area (Å²) in [6.07, 6.45) is -5.46. The van der Waals surface area contributed by atoms with Gasteiger partial charge in [0.15, 0.2) is 0 Å². The van der Waals surface area contributed by atoms with Crippen molar-refractivity contribution in [3.05, 3.63) is 0 Å². The first kappa shape index (κ1) is 13.3. The molecular formula is C9H15F3O2. The highest BCUT2D eigenvalue weighted by molar-refractivity contribution is 5.72. The average molecular weight is 212 g/mol. The largest absolute Gasteiger partial charge is 0.460 e. The van der Waals surface area contributed by atoms with Crippen LogP contribution >= 0.6 is 0 Å². The average Bonchev–Trinajstić information content (AvgIpc) is 1.78. The van der Waals surface area contributed by atoms with E-state index in [4.69, 9.17) is 4.74 Å². The normalized spacial score (nSPS) is 15.1. The van der Waals surface area contributed by atoms with Crippen molar-refractivity contribution in [1.82, 2.24) is 0 Å². The molecule has 1 atom stereocenters. The molecule has 0 aromatic carbocycles. The van der Waals surface area contributed by atoms with E-state index in [0.717, 1.165) is 0 Å². The van der Waals surface area contributed by atoms with Crippen LogP contribution in [0.5, 0.6) is 0 Å². The Hall–Kier alpha value is -0.740. The lowest BCUT2D eigenvalue weighted by molar-refractivity contribution is -0.174. The molecule has 5 heteroatoms. The van der Waals surface area contributed by atoms with Crippen molar-refractivity contribution in [1.29, 1.82) is 0 Å². The molecule has 0 saturated carbocycles. The number of alkyl halides is 3. The molecule has 0 bridgehead atoms. The van der Waals surface area contributed by atoms with E-state index < -0.39 is 30.1 Å². The Balaban J connectivity index is 4.15. The number of halogens is 3. The molecule has 14 heavy (non-hydrogen) atoms. The summed E-state index contributed by atoms with van der Waals surface area (Å²) in [6, 6.07) is 0. The third kappa shape index (κ3) is 6.74. The van der Waals surface area contributed by atoms with E-state index in [-0.39, 0.29) is 0 Å². The number of hydrogen-bond acceptors (Lipinski definition) is 2. The summed E-state index contributed by atoms with van der Waals surface area (Å²) in [7, 11) is 0. The van der Waals surface area contributed by atoms with E-state index in [1.807, 2.05) is 0 Å². The van der Waals surface area contributed by atoms with E-state index in [1.165, 1.54) is 6.92 Å². The van der Waals surface area contributed by atoms with Crippen molar-refractivity contribution in [2.24, 2.45) is 5.92 Å². The van der Waals surface area contributed by atoms with Gasteiger partial charge in [0.1, 0.15) is 5.60 Å². The fraction of sp³-hybridized carbons (Fsp3) is 0.889. The summed E-state index contributed by atoms with van der Waals surface area (Å²) in [6.45, 7) is 6.06. The Morgan fingerprint density at radius 2 is 1.71 bits per heavy atom. The quantitative estimate of drug-likeness (QED) is 0.658. The van der Waals surface area contributed by atoms with E-state index in [2.05, 4.69) is 0 Å². The molecule has 0 saturated heterocycles. The van der Waals surface area contributed by atoms with Crippen molar-refractivity contribution >= 4 is 5.97 Å². The second-order valence-electron chi connectivity index (χ2n) is 4.25. The van der Waals surface area contributed by atoms with E-state index in [1.54, 1.807) is 20.8 Å². The Morgan fingerprint density at radius 1 is 1.29 bits per heavy atom. The lowest BCUT2D eigenvalue weighted by Crippen LogP contribution is -2.29. The van der Waals surface area contributed by atoms with Crippen molar-refractivity contribution in [2.75, 3.05) is 0 Å². The molecule has 1 unspecified atom stereocenters. The van der Waals surface area contributed by atoms with Gasteiger partial charge < -0.3 is 4.74 Å². The van der Waals surface area contributed by atoms with Crippen LogP contribution in [0.2, 0.25) is 0 Å². The molecule has 0 aliphatic heterocycles. The molecule has 0 aromatic heterocycles. The summed E-state index contributed by atoms with van der Waals surface area (Å²) in [5, 5.41) is 0. The third-order valence-electron chi connectivity index (χ3n) is 1.35. The van der Waals surface area contributed by atoms with Gasteiger partial charge in [-0.1, -0.05) is 6.92 Å². The summed E-state index contributed by atoms with van der Waals surface area (Å²) in [5.41, 5.74) is -0.739. The first-order valence-corrected chi connectivity index (χ1v) is 4.31. The molecule has 0 heterocycles. The summed E-state index contributed by atoms with van der Waals surface area (Å²) in [4.78, 5) is 11.1. The highest BCUT2D eigenvalue weighted by Gasteiger charge is 2.34. The molecule has 0 radical (unpaired) electrons. The molecule has 0 aliphatic rings. The number of carbonyl (C=O) groups is 1. The van der Waals surface area contributed by atoms with Gasteiger partial charge in [0.25, 0.3) is 0 Å². The van der Waals surface area contributed by atoms with Gasteiger partial charge in [0.05, 0.1) is 12.3 Å². The number of ether oxygens (including phenoxy) is 1. The summed E-state index contributed by atoms with van der Waals surface area (Å²) < 4.78 is 40.5. The van der Waals surface area contributed by atoms with Crippen LogP contribution in [0.25, 0.3) is 0 Å². The van der Waals surface area contributed by atoms with E-state index >= 15 is 0 Å². The van der Waals surface area contributed by atoms with Crippen LogP contribution < -0.4 is 0 Å². The van der Waals surface area contributed by atoms with Crippen LogP contribution in [0.4, 0.5) is 13.2 Å². The minimum atomic E-state index is -4.32. The van der Waals surface area contributed by atoms with Gasteiger partial charge in [-0.3, -0.25) is 4.79 Å². The van der Waals surface area contributed by atoms with Crippen LogP contribution in [0, 0.1) is 5.92 Å². The minimum absolute atomic E-state index is 0.739. The predicted octanol–water partition coefficient (Wildman–Crippen LogP) is 2.92. The van der Waals surface area contributed by atoms with Crippen LogP contribution in [0.1, 0.15) is 34.1 Å². The number of rotatable bonds is 2. The zero-order valence-electron chi connectivity index (χ0n) is 8.73. The molecule has 0 aromatic rings. The zero-order valence-corrected chi connectivity index (χ0v) is 8.73. The minimum Gasteiger partial charge on any atom is -0.460 e. The number of hydrogen-bond donors (Lipinski definition) is 0. The fourth-order valence-corrected chi connectivity index (χ4v) is 0.833. The zero-order chi connectivity index (χ0) is 11.6. The first-order valence-electron chi connectivity index (χ1n) is 4.31. The van der Waals surface area contributed by atoms with E-state index in [9.17, 15) is 18.0 Å². The summed E-state index contributed by atoms with van der Waals surface area (Å²) >= 11 is 0. The van der Waals surface area contributed by atoms with Crippen LogP contribution in [0.15, 0.2) is 0 Å². The number of carbonyl (C=O) groups excluding carboxylic acids is 1.